The fourth-order valence-electron chi connectivity index (χ4n) is 3.44. The normalized spacial score (nSPS) is 16.2. The Morgan fingerprint density at radius 3 is 2.69 bits per heavy atom. The van der Waals surface area contributed by atoms with Crippen LogP contribution >= 0.6 is 35.0 Å². The topological polar surface area (TPSA) is 16.1 Å². The maximum absolute atomic E-state index is 6.50. The van der Waals surface area contributed by atoms with Crippen LogP contribution in [0, 0.1) is 0 Å². The Labute approximate surface area is 168 Å². The summed E-state index contributed by atoms with van der Waals surface area (Å²) in [5, 5.41) is 4.55. The number of rotatable bonds is 4. The molecule has 2 aromatic carbocycles. The van der Waals surface area contributed by atoms with E-state index in [4.69, 9.17) is 23.2 Å². The van der Waals surface area contributed by atoms with Crippen molar-refractivity contribution in [2.45, 2.75) is 29.5 Å². The summed E-state index contributed by atoms with van der Waals surface area (Å²) in [5.41, 5.74) is 1.29. The Bertz CT molecular complexity index is 907. The Morgan fingerprint density at radius 1 is 1.04 bits per heavy atom. The monoisotopic (exact) mass is 402 g/mol. The van der Waals surface area contributed by atoms with E-state index >= 15 is 0 Å². The fraction of sp³-hybridized carbons (Fsp3) is 0.286. The number of thioether (sulfide) groups is 1. The van der Waals surface area contributed by atoms with Gasteiger partial charge in [0, 0.05) is 39.5 Å². The highest BCUT2D eigenvalue weighted by Crippen LogP contribution is 2.37. The number of fused-ring (bicyclic) bond motifs is 1. The van der Waals surface area contributed by atoms with Crippen molar-refractivity contribution in [3.63, 3.8) is 0 Å². The van der Waals surface area contributed by atoms with Crippen molar-refractivity contribution < 1.29 is 0 Å². The maximum atomic E-state index is 6.50. The highest BCUT2D eigenvalue weighted by atomic mass is 35.5. The molecule has 26 heavy (non-hydrogen) atoms. The average Bonchev–Trinajstić information content (AvgIpc) is 2.64. The summed E-state index contributed by atoms with van der Waals surface area (Å²) >= 11 is 14.5. The van der Waals surface area contributed by atoms with E-state index in [2.05, 4.69) is 28.1 Å². The van der Waals surface area contributed by atoms with E-state index in [1.54, 1.807) is 0 Å². The van der Waals surface area contributed by atoms with E-state index in [0.717, 1.165) is 35.1 Å². The molecule has 0 spiro atoms. The number of nitrogens with zero attached hydrogens (tertiary/aromatic N) is 2. The highest BCUT2D eigenvalue weighted by molar-refractivity contribution is 8.00. The first-order chi connectivity index (χ1) is 12.7. The van der Waals surface area contributed by atoms with Crippen LogP contribution in [0.2, 0.25) is 10.0 Å². The first-order valence-electron chi connectivity index (χ1n) is 8.84. The van der Waals surface area contributed by atoms with Crippen LogP contribution in [-0.2, 0) is 6.54 Å². The first kappa shape index (κ1) is 18.1. The number of benzene rings is 2. The standard InChI is InChI=1S/C21H20Cl2N2S/c22-18-3-1-2-15(10-18)14-25-8-5-19(6-9-25)26-21-12-16-4-7-24-13-17(16)11-20(21)23/h1-4,7,10-13,19H,5-6,8-9,14H2. The molecule has 0 bridgehead atoms. The van der Waals surface area contributed by atoms with Gasteiger partial charge in [0.1, 0.15) is 0 Å². The van der Waals surface area contributed by atoms with Crippen LogP contribution in [0.25, 0.3) is 10.8 Å². The zero-order valence-electron chi connectivity index (χ0n) is 14.4. The van der Waals surface area contributed by atoms with Crippen LogP contribution < -0.4 is 0 Å². The number of hydrogen-bond acceptors (Lipinski definition) is 3. The molecule has 0 unspecified atom stereocenters. The molecule has 0 saturated carbocycles. The molecule has 0 amide bonds. The quantitative estimate of drug-likeness (QED) is 0.509. The molecule has 0 radical (unpaired) electrons. The van der Waals surface area contributed by atoms with Gasteiger partial charge in [-0.2, -0.15) is 0 Å². The third-order valence-corrected chi connectivity index (χ3v) is 6.87. The van der Waals surface area contributed by atoms with Crippen LogP contribution in [0.15, 0.2) is 59.8 Å². The molecule has 5 heteroatoms. The van der Waals surface area contributed by atoms with Gasteiger partial charge in [-0.25, -0.2) is 0 Å². The Kier molecular flexibility index (Phi) is 5.70. The van der Waals surface area contributed by atoms with Gasteiger partial charge < -0.3 is 0 Å². The number of halogens is 2. The van der Waals surface area contributed by atoms with Crippen molar-refractivity contribution in [3.8, 4) is 0 Å². The third kappa shape index (κ3) is 4.34. The molecule has 0 aliphatic carbocycles. The minimum atomic E-state index is 0.613. The van der Waals surface area contributed by atoms with Crippen LogP contribution in [0.1, 0.15) is 18.4 Å². The molecule has 2 heterocycles. The molecule has 0 atom stereocenters. The van der Waals surface area contributed by atoms with Gasteiger partial charge in [0.25, 0.3) is 0 Å². The predicted octanol–water partition coefficient (Wildman–Crippen LogP) is 6.30. The van der Waals surface area contributed by atoms with Crippen LogP contribution in [0.3, 0.4) is 0 Å². The predicted molar refractivity (Wildman–Crippen MR) is 112 cm³/mol. The van der Waals surface area contributed by atoms with Crippen LogP contribution in [0.5, 0.6) is 0 Å². The molecule has 0 N–H and O–H groups in total. The van der Waals surface area contributed by atoms with Crippen molar-refractivity contribution in [2.75, 3.05) is 13.1 Å². The summed E-state index contributed by atoms with van der Waals surface area (Å²) < 4.78 is 0. The third-order valence-electron chi connectivity index (χ3n) is 4.81. The van der Waals surface area contributed by atoms with Gasteiger partial charge in [0.05, 0.1) is 5.02 Å². The number of hydrogen-bond donors (Lipinski definition) is 0. The lowest BCUT2D eigenvalue weighted by atomic mass is 10.1. The lowest BCUT2D eigenvalue weighted by molar-refractivity contribution is 0.225. The zero-order valence-corrected chi connectivity index (χ0v) is 16.7. The van der Waals surface area contributed by atoms with E-state index < -0.39 is 0 Å². The molecule has 134 valence electrons. The van der Waals surface area contributed by atoms with Gasteiger partial charge in [0.15, 0.2) is 0 Å². The van der Waals surface area contributed by atoms with Gasteiger partial charge in [-0.05, 0) is 67.2 Å². The summed E-state index contributed by atoms with van der Waals surface area (Å²) in [6.07, 6.45) is 6.05. The van der Waals surface area contributed by atoms with Crippen molar-refractivity contribution in [1.29, 1.82) is 0 Å². The van der Waals surface area contributed by atoms with E-state index in [1.807, 2.05) is 48.4 Å². The van der Waals surface area contributed by atoms with Crippen molar-refractivity contribution in [3.05, 3.63) is 70.5 Å². The zero-order chi connectivity index (χ0) is 17.9. The second-order valence-electron chi connectivity index (χ2n) is 6.73. The number of likely N-dealkylation sites (tertiary alicyclic amines) is 1. The van der Waals surface area contributed by atoms with E-state index in [0.29, 0.717) is 5.25 Å². The van der Waals surface area contributed by atoms with E-state index in [-0.39, 0.29) is 0 Å². The van der Waals surface area contributed by atoms with Gasteiger partial charge in [0.2, 0.25) is 0 Å². The summed E-state index contributed by atoms with van der Waals surface area (Å²) in [6.45, 7) is 3.19. The largest absolute Gasteiger partial charge is 0.299 e. The number of pyridine rings is 1. The lowest BCUT2D eigenvalue weighted by Gasteiger charge is -2.31. The maximum Gasteiger partial charge on any atom is 0.0548 e. The summed E-state index contributed by atoms with van der Waals surface area (Å²) in [4.78, 5) is 7.86. The average molecular weight is 403 g/mol. The molecule has 4 rings (SSSR count). The summed E-state index contributed by atoms with van der Waals surface area (Å²) in [5.74, 6) is 0. The van der Waals surface area contributed by atoms with Crippen molar-refractivity contribution in [1.82, 2.24) is 9.88 Å². The lowest BCUT2D eigenvalue weighted by Crippen LogP contribution is -2.34. The molecule has 1 aliphatic rings. The number of piperidine rings is 1. The minimum Gasteiger partial charge on any atom is -0.299 e. The SMILES string of the molecule is Clc1cccc(CN2CCC(Sc3cc4ccncc4cc3Cl)CC2)c1. The molecule has 1 fully saturated rings. The first-order valence-corrected chi connectivity index (χ1v) is 10.5. The van der Waals surface area contributed by atoms with E-state index in [9.17, 15) is 0 Å². The molecular weight excluding hydrogens is 383 g/mol. The minimum absolute atomic E-state index is 0.613. The van der Waals surface area contributed by atoms with Gasteiger partial charge in [-0.3, -0.25) is 9.88 Å². The van der Waals surface area contributed by atoms with Gasteiger partial charge >= 0.3 is 0 Å². The van der Waals surface area contributed by atoms with Crippen molar-refractivity contribution in [2.24, 2.45) is 0 Å². The molecular formula is C21H20Cl2N2S. The molecule has 2 nitrogen and oxygen atoms in total. The van der Waals surface area contributed by atoms with E-state index in [1.165, 1.54) is 28.7 Å². The fourth-order valence-corrected chi connectivity index (χ4v) is 5.13. The molecule has 1 aromatic heterocycles. The van der Waals surface area contributed by atoms with Gasteiger partial charge in [-0.15, -0.1) is 11.8 Å². The highest BCUT2D eigenvalue weighted by Gasteiger charge is 2.21. The summed E-state index contributed by atoms with van der Waals surface area (Å²) in [6, 6.07) is 14.4. The molecule has 1 saturated heterocycles. The molecule has 3 aromatic rings. The smallest absolute Gasteiger partial charge is 0.0548 e. The Morgan fingerprint density at radius 2 is 1.88 bits per heavy atom. The van der Waals surface area contributed by atoms with Crippen molar-refractivity contribution >= 4 is 45.7 Å². The summed E-state index contributed by atoms with van der Waals surface area (Å²) in [7, 11) is 0. The Balaban J connectivity index is 1.37. The van der Waals surface area contributed by atoms with Crippen LogP contribution in [-0.4, -0.2) is 28.2 Å². The van der Waals surface area contributed by atoms with Gasteiger partial charge in [-0.1, -0.05) is 35.3 Å². The second-order valence-corrected chi connectivity index (χ2v) is 8.91. The second kappa shape index (κ2) is 8.18. The van der Waals surface area contributed by atoms with Crippen LogP contribution in [0.4, 0.5) is 0 Å². The number of aromatic nitrogens is 1. The molecule has 1 aliphatic heterocycles. The Hall–Kier alpha value is -1.26.